The number of nitrogens with zero attached hydrogens (tertiary/aromatic N) is 1. The number of pyridine rings is 1. The lowest BCUT2D eigenvalue weighted by Crippen LogP contribution is -2.03. The van der Waals surface area contributed by atoms with Crippen LogP contribution < -0.4 is 9.47 Å². The first-order valence-corrected chi connectivity index (χ1v) is 6.14. The van der Waals surface area contributed by atoms with Gasteiger partial charge in [-0.2, -0.15) is 0 Å². The zero-order valence-corrected chi connectivity index (χ0v) is 11.3. The summed E-state index contributed by atoms with van der Waals surface area (Å²) >= 11 is 0. The van der Waals surface area contributed by atoms with E-state index in [1.54, 1.807) is 18.3 Å². The second-order valence-corrected chi connectivity index (χ2v) is 4.32. The number of rotatable bonds is 5. The molecule has 0 saturated carbocycles. The Bertz CT molecular complexity index is 572. The number of aliphatic hydroxyl groups is 1. The maximum Gasteiger partial charge on any atom is 0.212 e. The number of halogens is 1. The molecule has 0 radical (unpaired) electrons. The van der Waals surface area contributed by atoms with E-state index >= 15 is 0 Å². The Labute approximate surface area is 116 Å². The van der Waals surface area contributed by atoms with Gasteiger partial charge in [0.1, 0.15) is 0 Å². The normalized spacial score (nSPS) is 12.0. The zero-order chi connectivity index (χ0) is 14.5. The third kappa shape index (κ3) is 3.24. The highest BCUT2D eigenvalue weighted by Gasteiger charge is 2.12. The van der Waals surface area contributed by atoms with Crippen LogP contribution in [-0.2, 0) is 6.42 Å². The van der Waals surface area contributed by atoms with Gasteiger partial charge in [-0.25, -0.2) is 9.37 Å². The second kappa shape index (κ2) is 6.34. The van der Waals surface area contributed by atoms with Crippen molar-refractivity contribution in [1.29, 1.82) is 0 Å². The van der Waals surface area contributed by atoms with E-state index in [2.05, 4.69) is 4.98 Å². The van der Waals surface area contributed by atoms with Crippen LogP contribution in [0.15, 0.2) is 36.5 Å². The summed E-state index contributed by atoms with van der Waals surface area (Å²) in [5.41, 5.74) is 1.34. The molecular weight excluding hydrogens is 261 g/mol. The summed E-state index contributed by atoms with van der Waals surface area (Å²) in [4.78, 5) is 4.06. The summed E-state index contributed by atoms with van der Waals surface area (Å²) in [5, 5.41) is 10.1. The Balaban J connectivity index is 2.10. The van der Waals surface area contributed by atoms with E-state index in [1.165, 1.54) is 26.4 Å². The van der Waals surface area contributed by atoms with Crippen molar-refractivity contribution >= 4 is 0 Å². The molecule has 1 aromatic carbocycles. The number of benzene rings is 1. The molecule has 0 spiro atoms. The molecular formula is C15H16FNO3. The van der Waals surface area contributed by atoms with Crippen LogP contribution in [0.4, 0.5) is 4.39 Å². The quantitative estimate of drug-likeness (QED) is 0.912. The lowest BCUT2D eigenvalue weighted by molar-refractivity contribution is 0.177. The van der Waals surface area contributed by atoms with Gasteiger partial charge in [0.05, 0.1) is 20.3 Å². The lowest BCUT2D eigenvalue weighted by atomic mass is 10.0. The summed E-state index contributed by atoms with van der Waals surface area (Å²) in [6.45, 7) is 0. The predicted molar refractivity (Wildman–Crippen MR) is 72.4 cm³/mol. The van der Waals surface area contributed by atoms with Gasteiger partial charge in [-0.3, -0.25) is 0 Å². The molecule has 20 heavy (non-hydrogen) atoms. The fraction of sp³-hybridized carbons (Fsp3) is 0.267. The summed E-state index contributed by atoms with van der Waals surface area (Å²) in [7, 11) is 2.94. The minimum absolute atomic E-state index is 0.159. The second-order valence-electron chi connectivity index (χ2n) is 4.32. The minimum atomic E-state index is -0.800. The summed E-state index contributed by atoms with van der Waals surface area (Å²) in [6.07, 6.45) is 1.18. The lowest BCUT2D eigenvalue weighted by Gasteiger charge is -2.12. The summed E-state index contributed by atoms with van der Waals surface area (Å²) < 4.78 is 23.4. The maximum atomic E-state index is 13.6. The molecule has 0 fully saturated rings. The van der Waals surface area contributed by atoms with Gasteiger partial charge in [-0.05, 0) is 23.3 Å². The average Bonchev–Trinajstić information content (AvgIpc) is 2.48. The van der Waals surface area contributed by atoms with Gasteiger partial charge >= 0.3 is 0 Å². The fourth-order valence-corrected chi connectivity index (χ4v) is 1.88. The van der Waals surface area contributed by atoms with Crippen molar-refractivity contribution in [3.8, 4) is 11.6 Å². The Hall–Kier alpha value is -2.14. The standard InChI is InChI=1S/C15H16FNO3/c1-19-14-5-4-11(8-12(14)16)13(18)7-10-3-6-15(20-2)17-9-10/h3-6,8-9,13,18H,7H2,1-2H3. The van der Waals surface area contributed by atoms with Crippen molar-refractivity contribution in [3.63, 3.8) is 0 Å². The molecule has 106 valence electrons. The van der Waals surface area contributed by atoms with Crippen LogP contribution in [0, 0.1) is 5.82 Å². The van der Waals surface area contributed by atoms with Gasteiger partial charge < -0.3 is 14.6 Å². The van der Waals surface area contributed by atoms with Gasteiger partial charge in [0.2, 0.25) is 5.88 Å². The summed E-state index contributed by atoms with van der Waals surface area (Å²) in [5.74, 6) is 0.183. The van der Waals surface area contributed by atoms with E-state index < -0.39 is 11.9 Å². The molecule has 2 rings (SSSR count). The van der Waals surface area contributed by atoms with Gasteiger partial charge in [0.25, 0.3) is 0 Å². The minimum Gasteiger partial charge on any atom is -0.494 e. The fourth-order valence-electron chi connectivity index (χ4n) is 1.88. The molecule has 1 unspecified atom stereocenters. The first-order chi connectivity index (χ1) is 9.63. The van der Waals surface area contributed by atoms with Gasteiger partial charge in [-0.15, -0.1) is 0 Å². The predicted octanol–water partition coefficient (Wildman–Crippen LogP) is 2.51. The van der Waals surface area contributed by atoms with Gasteiger partial charge in [-0.1, -0.05) is 12.1 Å². The Morgan fingerprint density at radius 3 is 2.55 bits per heavy atom. The summed E-state index contributed by atoms with van der Waals surface area (Å²) in [6, 6.07) is 7.95. The highest BCUT2D eigenvalue weighted by atomic mass is 19.1. The number of aliphatic hydroxyl groups excluding tert-OH is 1. The van der Waals surface area contributed by atoms with Crippen LogP contribution in [-0.4, -0.2) is 24.3 Å². The van der Waals surface area contributed by atoms with Crippen molar-refractivity contribution in [2.24, 2.45) is 0 Å². The largest absolute Gasteiger partial charge is 0.494 e. The van der Waals surface area contributed by atoms with E-state index in [1.807, 2.05) is 6.07 Å². The van der Waals surface area contributed by atoms with Crippen LogP contribution in [0.1, 0.15) is 17.2 Å². The van der Waals surface area contributed by atoms with Gasteiger partial charge in [0, 0.05) is 18.7 Å². The molecule has 0 aliphatic rings. The van der Waals surface area contributed by atoms with Crippen LogP contribution in [0.3, 0.4) is 0 Å². The van der Waals surface area contributed by atoms with E-state index in [4.69, 9.17) is 9.47 Å². The number of methoxy groups -OCH3 is 2. The molecule has 1 heterocycles. The first kappa shape index (κ1) is 14.3. The van der Waals surface area contributed by atoms with E-state index in [0.717, 1.165) is 5.56 Å². The average molecular weight is 277 g/mol. The molecule has 0 saturated heterocycles. The van der Waals surface area contributed by atoms with Crippen LogP contribution in [0.25, 0.3) is 0 Å². The Morgan fingerprint density at radius 2 is 2.00 bits per heavy atom. The maximum absolute atomic E-state index is 13.6. The molecule has 0 aliphatic heterocycles. The molecule has 0 aliphatic carbocycles. The monoisotopic (exact) mass is 277 g/mol. The molecule has 0 bridgehead atoms. The van der Waals surface area contributed by atoms with Gasteiger partial charge in [0.15, 0.2) is 11.6 Å². The van der Waals surface area contributed by atoms with Crippen molar-refractivity contribution in [3.05, 3.63) is 53.5 Å². The first-order valence-electron chi connectivity index (χ1n) is 6.14. The van der Waals surface area contributed by atoms with E-state index in [9.17, 15) is 9.50 Å². The smallest absolute Gasteiger partial charge is 0.212 e. The number of hydrogen-bond donors (Lipinski definition) is 1. The van der Waals surface area contributed by atoms with Crippen molar-refractivity contribution < 1.29 is 19.0 Å². The Kier molecular flexibility index (Phi) is 4.53. The molecule has 1 atom stereocenters. The molecule has 1 aromatic heterocycles. The number of hydrogen-bond acceptors (Lipinski definition) is 4. The number of ether oxygens (including phenoxy) is 2. The highest BCUT2D eigenvalue weighted by molar-refractivity contribution is 5.31. The SMILES string of the molecule is COc1ccc(CC(O)c2ccc(OC)c(F)c2)cn1. The van der Waals surface area contributed by atoms with Crippen LogP contribution >= 0.6 is 0 Å². The molecule has 0 amide bonds. The van der Waals surface area contributed by atoms with E-state index in [-0.39, 0.29) is 5.75 Å². The highest BCUT2D eigenvalue weighted by Crippen LogP contribution is 2.24. The van der Waals surface area contributed by atoms with E-state index in [0.29, 0.717) is 17.9 Å². The van der Waals surface area contributed by atoms with Crippen molar-refractivity contribution in [2.45, 2.75) is 12.5 Å². The third-order valence-corrected chi connectivity index (χ3v) is 3.00. The molecule has 4 nitrogen and oxygen atoms in total. The van der Waals surface area contributed by atoms with Crippen LogP contribution in [0.5, 0.6) is 11.6 Å². The topological polar surface area (TPSA) is 51.6 Å². The number of aromatic nitrogens is 1. The molecule has 5 heteroatoms. The molecule has 1 N–H and O–H groups in total. The zero-order valence-electron chi connectivity index (χ0n) is 11.3. The van der Waals surface area contributed by atoms with Crippen LogP contribution in [0.2, 0.25) is 0 Å². The molecule has 2 aromatic rings. The third-order valence-electron chi connectivity index (χ3n) is 3.00. The Morgan fingerprint density at radius 1 is 1.20 bits per heavy atom. The van der Waals surface area contributed by atoms with Crippen molar-refractivity contribution in [1.82, 2.24) is 4.98 Å². The van der Waals surface area contributed by atoms with Crippen molar-refractivity contribution in [2.75, 3.05) is 14.2 Å².